The molecule has 3 heterocycles. The molecule has 2 N–H and O–H groups in total. The minimum atomic E-state index is 0.147. The SMILES string of the molecule is Cc1ccc2[nH]cc(CCC(=O)N3CCCCC3c3ccn[nH]3)c2c1. The van der Waals surface area contributed by atoms with Crippen LogP contribution in [-0.4, -0.2) is 32.5 Å². The number of hydrogen-bond acceptors (Lipinski definition) is 2. The Balaban J connectivity index is 1.48. The van der Waals surface area contributed by atoms with Crippen LogP contribution >= 0.6 is 0 Å². The van der Waals surface area contributed by atoms with E-state index in [9.17, 15) is 4.79 Å². The van der Waals surface area contributed by atoms with E-state index in [1.54, 1.807) is 6.20 Å². The van der Waals surface area contributed by atoms with Crippen LogP contribution in [0.3, 0.4) is 0 Å². The second-order valence-corrected chi connectivity index (χ2v) is 6.97. The highest BCUT2D eigenvalue weighted by atomic mass is 16.2. The van der Waals surface area contributed by atoms with Crippen molar-refractivity contribution >= 4 is 16.8 Å². The van der Waals surface area contributed by atoms with Gasteiger partial charge in [-0.05, 0) is 56.4 Å². The first kappa shape index (κ1) is 15.9. The lowest BCUT2D eigenvalue weighted by atomic mass is 9.98. The Hall–Kier alpha value is -2.56. The van der Waals surface area contributed by atoms with Crippen molar-refractivity contribution in [3.8, 4) is 0 Å². The van der Waals surface area contributed by atoms with Gasteiger partial charge < -0.3 is 9.88 Å². The van der Waals surface area contributed by atoms with E-state index >= 15 is 0 Å². The third kappa shape index (κ3) is 3.18. The maximum atomic E-state index is 12.9. The number of H-pyrrole nitrogens is 2. The molecule has 2 aromatic heterocycles. The van der Waals surface area contributed by atoms with Crippen LogP contribution < -0.4 is 0 Å². The number of aromatic nitrogens is 3. The summed E-state index contributed by atoms with van der Waals surface area (Å²) in [6.45, 7) is 2.94. The molecule has 3 aromatic rings. The number of likely N-dealkylation sites (tertiary alicyclic amines) is 1. The number of nitrogens with one attached hydrogen (secondary N) is 2. The Labute approximate surface area is 147 Å². The highest BCUT2D eigenvalue weighted by Crippen LogP contribution is 2.30. The summed E-state index contributed by atoms with van der Waals surface area (Å²) in [6.07, 6.45) is 8.39. The molecule has 1 aromatic carbocycles. The third-order valence-corrected chi connectivity index (χ3v) is 5.24. The molecule has 1 fully saturated rings. The molecule has 1 amide bonds. The van der Waals surface area contributed by atoms with Gasteiger partial charge in [-0.15, -0.1) is 0 Å². The first-order valence-corrected chi connectivity index (χ1v) is 9.08. The van der Waals surface area contributed by atoms with E-state index in [1.807, 2.05) is 17.2 Å². The standard InChI is InChI=1S/C20H24N4O/c1-14-5-7-17-16(12-14)15(13-21-17)6-8-20(25)24-11-3-2-4-19(24)18-9-10-22-23-18/h5,7,9-10,12-13,19,21H,2-4,6,8,11H2,1H3,(H,22,23). The monoisotopic (exact) mass is 336 g/mol. The van der Waals surface area contributed by atoms with Crippen LogP contribution in [0.2, 0.25) is 0 Å². The summed E-state index contributed by atoms with van der Waals surface area (Å²) in [5.41, 5.74) is 4.66. The molecule has 0 aliphatic carbocycles. The Morgan fingerprint density at radius 1 is 1.32 bits per heavy atom. The zero-order valence-corrected chi connectivity index (χ0v) is 14.6. The van der Waals surface area contributed by atoms with Crippen LogP contribution in [0.4, 0.5) is 0 Å². The average molecular weight is 336 g/mol. The molecule has 130 valence electrons. The molecule has 25 heavy (non-hydrogen) atoms. The molecule has 5 nitrogen and oxygen atoms in total. The van der Waals surface area contributed by atoms with Gasteiger partial charge in [0, 0.05) is 36.3 Å². The number of piperidine rings is 1. The second-order valence-electron chi connectivity index (χ2n) is 6.97. The van der Waals surface area contributed by atoms with E-state index < -0.39 is 0 Å². The van der Waals surface area contributed by atoms with Crippen molar-refractivity contribution in [3.63, 3.8) is 0 Å². The largest absolute Gasteiger partial charge is 0.361 e. The summed E-state index contributed by atoms with van der Waals surface area (Å²) < 4.78 is 0. The number of nitrogens with zero attached hydrogens (tertiary/aromatic N) is 2. The summed E-state index contributed by atoms with van der Waals surface area (Å²) in [5.74, 6) is 0.237. The Bertz CT molecular complexity index is 865. The number of aromatic amines is 2. The third-order valence-electron chi connectivity index (χ3n) is 5.24. The molecule has 1 aliphatic rings. The molecule has 0 radical (unpaired) electrons. The van der Waals surface area contributed by atoms with Crippen LogP contribution in [0.15, 0.2) is 36.7 Å². The lowest BCUT2D eigenvalue weighted by molar-refractivity contribution is -0.135. The first-order chi connectivity index (χ1) is 12.2. The van der Waals surface area contributed by atoms with Crippen LogP contribution in [0.5, 0.6) is 0 Å². The molecule has 1 aliphatic heterocycles. The fourth-order valence-electron chi connectivity index (χ4n) is 3.89. The highest BCUT2D eigenvalue weighted by molar-refractivity contribution is 5.85. The number of aryl methyl sites for hydroxylation is 2. The zero-order valence-electron chi connectivity index (χ0n) is 14.6. The van der Waals surface area contributed by atoms with E-state index in [2.05, 4.69) is 40.3 Å². The molecule has 1 saturated heterocycles. The van der Waals surface area contributed by atoms with Gasteiger partial charge in [0.1, 0.15) is 0 Å². The second kappa shape index (κ2) is 6.75. The number of benzene rings is 1. The highest BCUT2D eigenvalue weighted by Gasteiger charge is 2.28. The van der Waals surface area contributed by atoms with E-state index in [0.717, 1.165) is 43.4 Å². The van der Waals surface area contributed by atoms with Gasteiger partial charge in [0.15, 0.2) is 0 Å². The van der Waals surface area contributed by atoms with Gasteiger partial charge in [-0.1, -0.05) is 11.6 Å². The Kier molecular flexibility index (Phi) is 4.30. The van der Waals surface area contributed by atoms with Crippen molar-refractivity contribution in [1.29, 1.82) is 0 Å². The molecule has 4 rings (SSSR count). The predicted molar refractivity (Wildman–Crippen MR) is 98.2 cm³/mol. The van der Waals surface area contributed by atoms with Gasteiger partial charge in [-0.2, -0.15) is 5.10 Å². The maximum Gasteiger partial charge on any atom is 0.223 e. The molecule has 0 bridgehead atoms. The van der Waals surface area contributed by atoms with Crippen LogP contribution in [0.25, 0.3) is 10.9 Å². The first-order valence-electron chi connectivity index (χ1n) is 9.08. The lowest BCUT2D eigenvalue weighted by Crippen LogP contribution is -2.38. The smallest absolute Gasteiger partial charge is 0.223 e. The fraction of sp³-hybridized carbons (Fsp3) is 0.400. The van der Waals surface area contributed by atoms with Gasteiger partial charge in [-0.25, -0.2) is 0 Å². The molecule has 5 heteroatoms. The van der Waals surface area contributed by atoms with Crippen LogP contribution in [0, 0.1) is 6.92 Å². The summed E-state index contributed by atoms with van der Waals surface area (Å²) in [4.78, 5) is 18.2. The molecular formula is C20H24N4O. The average Bonchev–Trinajstić information content (AvgIpc) is 3.29. The number of carbonyl (C=O) groups excluding carboxylic acids is 1. The van der Waals surface area contributed by atoms with E-state index in [0.29, 0.717) is 6.42 Å². The van der Waals surface area contributed by atoms with Crippen molar-refractivity contribution in [2.75, 3.05) is 6.54 Å². The molecule has 0 spiro atoms. The topological polar surface area (TPSA) is 64.8 Å². The molecule has 1 unspecified atom stereocenters. The fourth-order valence-corrected chi connectivity index (χ4v) is 3.89. The van der Waals surface area contributed by atoms with Gasteiger partial charge >= 0.3 is 0 Å². The number of fused-ring (bicyclic) bond motifs is 1. The van der Waals surface area contributed by atoms with Crippen molar-refractivity contribution in [1.82, 2.24) is 20.1 Å². The summed E-state index contributed by atoms with van der Waals surface area (Å²) in [6, 6.07) is 8.54. The van der Waals surface area contributed by atoms with Crippen molar-refractivity contribution < 1.29 is 4.79 Å². The van der Waals surface area contributed by atoms with Crippen molar-refractivity contribution in [2.24, 2.45) is 0 Å². The van der Waals surface area contributed by atoms with E-state index in [1.165, 1.54) is 16.5 Å². The van der Waals surface area contributed by atoms with Gasteiger partial charge in [0.05, 0.1) is 11.7 Å². The normalized spacial score (nSPS) is 18.0. The van der Waals surface area contributed by atoms with Crippen molar-refractivity contribution in [2.45, 2.75) is 45.1 Å². The minimum Gasteiger partial charge on any atom is -0.361 e. The van der Waals surface area contributed by atoms with E-state index in [-0.39, 0.29) is 11.9 Å². The molecular weight excluding hydrogens is 312 g/mol. The summed E-state index contributed by atoms with van der Waals surface area (Å²) in [5, 5.41) is 8.33. The molecule has 1 atom stereocenters. The Morgan fingerprint density at radius 2 is 2.24 bits per heavy atom. The van der Waals surface area contributed by atoms with Gasteiger partial charge in [0.2, 0.25) is 5.91 Å². The number of carbonyl (C=O) groups is 1. The quantitative estimate of drug-likeness (QED) is 0.759. The predicted octanol–water partition coefficient (Wildman–Crippen LogP) is 3.89. The maximum absolute atomic E-state index is 12.9. The van der Waals surface area contributed by atoms with Gasteiger partial charge in [-0.3, -0.25) is 9.89 Å². The van der Waals surface area contributed by atoms with Crippen LogP contribution in [-0.2, 0) is 11.2 Å². The molecule has 0 saturated carbocycles. The lowest BCUT2D eigenvalue weighted by Gasteiger charge is -2.35. The number of hydrogen-bond donors (Lipinski definition) is 2. The number of amides is 1. The van der Waals surface area contributed by atoms with E-state index in [4.69, 9.17) is 0 Å². The summed E-state index contributed by atoms with van der Waals surface area (Å²) in [7, 11) is 0. The van der Waals surface area contributed by atoms with Gasteiger partial charge in [0.25, 0.3) is 0 Å². The number of rotatable bonds is 4. The summed E-state index contributed by atoms with van der Waals surface area (Å²) >= 11 is 0. The Morgan fingerprint density at radius 3 is 3.08 bits per heavy atom. The zero-order chi connectivity index (χ0) is 17.2. The van der Waals surface area contributed by atoms with Crippen LogP contribution in [0.1, 0.15) is 48.5 Å². The minimum absolute atomic E-state index is 0.147. The van der Waals surface area contributed by atoms with Crippen molar-refractivity contribution in [3.05, 3.63) is 53.5 Å².